The molecule has 4 rings (SSSR count). The van der Waals surface area contributed by atoms with Crippen LogP contribution in [0.15, 0.2) is 36.7 Å². The fourth-order valence-electron chi connectivity index (χ4n) is 4.04. The SMILES string of the molecule is CCCNc1nc(NC)nc2cc(-n3ccc(CNCCCN4CCCC4=O)c3)ccc12. The number of benzene rings is 1. The van der Waals surface area contributed by atoms with Crippen molar-refractivity contribution in [3.8, 4) is 5.69 Å². The number of amides is 1. The summed E-state index contributed by atoms with van der Waals surface area (Å²) in [5.74, 6) is 1.78. The van der Waals surface area contributed by atoms with Crippen molar-refractivity contribution in [3.63, 3.8) is 0 Å². The highest BCUT2D eigenvalue weighted by Crippen LogP contribution is 2.25. The van der Waals surface area contributed by atoms with Gasteiger partial charge in [-0.2, -0.15) is 4.98 Å². The second kappa shape index (κ2) is 10.5. The molecule has 32 heavy (non-hydrogen) atoms. The van der Waals surface area contributed by atoms with Crippen molar-refractivity contribution in [3.05, 3.63) is 42.2 Å². The Kier molecular flexibility index (Phi) is 7.21. The van der Waals surface area contributed by atoms with Crippen molar-refractivity contribution in [2.75, 3.05) is 43.9 Å². The zero-order valence-corrected chi connectivity index (χ0v) is 19.0. The lowest BCUT2D eigenvalue weighted by Crippen LogP contribution is -2.28. The Balaban J connectivity index is 1.38. The van der Waals surface area contributed by atoms with Crippen LogP contribution in [0.4, 0.5) is 11.8 Å². The second-order valence-electron chi connectivity index (χ2n) is 8.22. The molecule has 8 nitrogen and oxygen atoms in total. The summed E-state index contributed by atoms with van der Waals surface area (Å²) < 4.78 is 2.12. The lowest BCUT2D eigenvalue weighted by molar-refractivity contribution is -0.127. The number of hydrogen-bond donors (Lipinski definition) is 3. The number of anilines is 2. The molecule has 1 aliphatic heterocycles. The highest BCUT2D eigenvalue weighted by atomic mass is 16.2. The van der Waals surface area contributed by atoms with Crippen LogP contribution >= 0.6 is 0 Å². The third-order valence-corrected chi connectivity index (χ3v) is 5.78. The Hall–Kier alpha value is -3.13. The molecule has 170 valence electrons. The lowest BCUT2D eigenvalue weighted by Gasteiger charge is -2.15. The van der Waals surface area contributed by atoms with Crippen LogP contribution in [0.5, 0.6) is 0 Å². The molecule has 1 saturated heterocycles. The Morgan fingerprint density at radius 2 is 2.06 bits per heavy atom. The van der Waals surface area contributed by atoms with E-state index in [9.17, 15) is 4.79 Å². The van der Waals surface area contributed by atoms with E-state index in [1.807, 2.05) is 11.9 Å². The highest BCUT2D eigenvalue weighted by molar-refractivity contribution is 5.91. The predicted octanol–water partition coefficient (Wildman–Crippen LogP) is 3.39. The molecule has 0 aliphatic carbocycles. The molecule has 2 aromatic heterocycles. The first-order valence-corrected chi connectivity index (χ1v) is 11.6. The molecule has 0 atom stereocenters. The average molecular weight is 436 g/mol. The molecule has 0 spiro atoms. The number of fused-ring (bicyclic) bond motifs is 1. The fraction of sp³-hybridized carbons (Fsp3) is 0.458. The van der Waals surface area contributed by atoms with Gasteiger partial charge in [0, 0.05) is 63.1 Å². The summed E-state index contributed by atoms with van der Waals surface area (Å²) in [6.07, 6.45) is 7.97. The third-order valence-electron chi connectivity index (χ3n) is 5.78. The Labute approximate surface area is 189 Å². The quantitative estimate of drug-likeness (QED) is 0.400. The van der Waals surface area contributed by atoms with Crippen molar-refractivity contribution in [2.24, 2.45) is 0 Å². The molecule has 1 aliphatic rings. The zero-order chi connectivity index (χ0) is 22.3. The van der Waals surface area contributed by atoms with Crippen LogP contribution in [0.3, 0.4) is 0 Å². The minimum absolute atomic E-state index is 0.304. The predicted molar refractivity (Wildman–Crippen MR) is 129 cm³/mol. The van der Waals surface area contributed by atoms with Crippen LogP contribution in [-0.2, 0) is 11.3 Å². The number of likely N-dealkylation sites (tertiary alicyclic amines) is 1. The van der Waals surface area contributed by atoms with Gasteiger partial charge >= 0.3 is 0 Å². The summed E-state index contributed by atoms with van der Waals surface area (Å²) in [4.78, 5) is 22.9. The summed E-state index contributed by atoms with van der Waals surface area (Å²) in [5.41, 5.74) is 3.20. The maximum absolute atomic E-state index is 11.7. The summed E-state index contributed by atoms with van der Waals surface area (Å²) in [6.45, 7) is 6.51. The van der Waals surface area contributed by atoms with E-state index < -0.39 is 0 Å². The largest absolute Gasteiger partial charge is 0.369 e. The van der Waals surface area contributed by atoms with Gasteiger partial charge in [-0.05, 0) is 55.6 Å². The van der Waals surface area contributed by atoms with Gasteiger partial charge in [-0.25, -0.2) is 4.98 Å². The molecule has 1 amide bonds. The summed E-state index contributed by atoms with van der Waals surface area (Å²) in [7, 11) is 1.84. The van der Waals surface area contributed by atoms with Gasteiger partial charge < -0.3 is 25.4 Å². The van der Waals surface area contributed by atoms with E-state index in [-0.39, 0.29) is 0 Å². The van der Waals surface area contributed by atoms with Gasteiger partial charge in [0.25, 0.3) is 0 Å². The van der Waals surface area contributed by atoms with Crippen molar-refractivity contribution in [1.29, 1.82) is 0 Å². The molecule has 3 aromatic rings. The fourth-order valence-corrected chi connectivity index (χ4v) is 4.04. The number of nitrogens with one attached hydrogen (secondary N) is 3. The van der Waals surface area contributed by atoms with E-state index in [1.165, 1.54) is 5.56 Å². The molecule has 3 N–H and O–H groups in total. The number of nitrogens with zero attached hydrogens (tertiary/aromatic N) is 4. The topological polar surface area (TPSA) is 87.1 Å². The smallest absolute Gasteiger partial charge is 0.224 e. The van der Waals surface area contributed by atoms with Crippen LogP contribution in [0.25, 0.3) is 16.6 Å². The number of aromatic nitrogens is 3. The van der Waals surface area contributed by atoms with Gasteiger partial charge in [0.15, 0.2) is 0 Å². The van der Waals surface area contributed by atoms with Gasteiger partial charge in [0.05, 0.1) is 5.52 Å². The van der Waals surface area contributed by atoms with Crippen LogP contribution in [0.1, 0.15) is 38.2 Å². The molecule has 0 saturated carbocycles. The van der Waals surface area contributed by atoms with Crippen LogP contribution in [0.2, 0.25) is 0 Å². The standard InChI is InChI=1S/C24H33N7O/c1-3-10-27-23-20-8-7-19(15-21(20)28-24(25-2)29-23)31-14-9-18(17-31)16-26-11-5-13-30-12-4-6-22(30)32/h7-9,14-15,17,26H,3-6,10-13,16H2,1-2H3,(H2,25,27,28,29). The molecule has 0 bridgehead atoms. The van der Waals surface area contributed by atoms with E-state index in [0.29, 0.717) is 18.3 Å². The molecule has 1 fully saturated rings. The molecular weight excluding hydrogens is 402 g/mol. The van der Waals surface area contributed by atoms with Crippen LogP contribution in [0, 0.1) is 0 Å². The first kappa shape index (κ1) is 22.1. The first-order chi connectivity index (χ1) is 15.7. The molecule has 0 unspecified atom stereocenters. The van der Waals surface area contributed by atoms with Crippen molar-refractivity contribution in [1.82, 2.24) is 24.8 Å². The molecular formula is C24H33N7O. The second-order valence-corrected chi connectivity index (χ2v) is 8.22. The summed E-state index contributed by atoms with van der Waals surface area (Å²) in [6, 6.07) is 8.42. The maximum atomic E-state index is 11.7. The summed E-state index contributed by atoms with van der Waals surface area (Å²) in [5, 5.41) is 11.0. The normalized spacial score (nSPS) is 13.8. The van der Waals surface area contributed by atoms with Crippen LogP contribution < -0.4 is 16.0 Å². The van der Waals surface area contributed by atoms with E-state index >= 15 is 0 Å². The van der Waals surface area contributed by atoms with Crippen molar-refractivity contribution in [2.45, 2.75) is 39.2 Å². The Morgan fingerprint density at radius 3 is 2.84 bits per heavy atom. The maximum Gasteiger partial charge on any atom is 0.224 e. The van der Waals surface area contributed by atoms with Crippen molar-refractivity contribution >= 4 is 28.6 Å². The first-order valence-electron chi connectivity index (χ1n) is 11.6. The van der Waals surface area contributed by atoms with Crippen LogP contribution in [-0.4, -0.2) is 58.6 Å². The number of carbonyl (C=O) groups excluding carboxylic acids is 1. The number of hydrogen-bond acceptors (Lipinski definition) is 6. The third kappa shape index (κ3) is 5.19. The highest BCUT2D eigenvalue weighted by Gasteiger charge is 2.18. The van der Waals surface area contributed by atoms with E-state index in [2.05, 4.69) is 74.1 Å². The molecule has 8 heteroatoms. The minimum atomic E-state index is 0.304. The van der Waals surface area contributed by atoms with Gasteiger partial charge in [0.2, 0.25) is 11.9 Å². The van der Waals surface area contributed by atoms with Gasteiger partial charge in [-0.15, -0.1) is 0 Å². The Bertz CT molecular complexity index is 1060. The summed E-state index contributed by atoms with van der Waals surface area (Å²) >= 11 is 0. The average Bonchev–Trinajstić information content (AvgIpc) is 3.45. The van der Waals surface area contributed by atoms with Gasteiger partial charge in [-0.1, -0.05) is 6.92 Å². The van der Waals surface area contributed by atoms with Gasteiger partial charge in [-0.3, -0.25) is 4.79 Å². The Morgan fingerprint density at radius 1 is 1.16 bits per heavy atom. The minimum Gasteiger partial charge on any atom is -0.369 e. The number of carbonyl (C=O) groups is 1. The zero-order valence-electron chi connectivity index (χ0n) is 19.0. The molecule has 1 aromatic carbocycles. The molecule has 3 heterocycles. The van der Waals surface area contributed by atoms with Crippen molar-refractivity contribution < 1.29 is 4.79 Å². The van der Waals surface area contributed by atoms with E-state index in [1.54, 1.807) is 0 Å². The molecule has 0 radical (unpaired) electrons. The van der Waals surface area contributed by atoms with E-state index in [0.717, 1.165) is 74.4 Å². The van der Waals surface area contributed by atoms with E-state index in [4.69, 9.17) is 0 Å². The van der Waals surface area contributed by atoms with Gasteiger partial charge in [0.1, 0.15) is 5.82 Å². The number of rotatable bonds is 11. The lowest BCUT2D eigenvalue weighted by atomic mass is 10.2. The monoisotopic (exact) mass is 435 g/mol.